The number of anilines is 1. The molecule has 110 valence electrons. The lowest BCUT2D eigenvalue weighted by Gasteiger charge is -2.08. The van der Waals surface area contributed by atoms with Crippen LogP contribution < -0.4 is 10.5 Å². The van der Waals surface area contributed by atoms with Gasteiger partial charge in [0.25, 0.3) is 5.91 Å². The van der Waals surface area contributed by atoms with E-state index in [2.05, 4.69) is 21.2 Å². The molecule has 3 N–H and O–H groups in total. The predicted molar refractivity (Wildman–Crippen MR) is 79.9 cm³/mol. The van der Waals surface area contributed by atoms with Crippen molar-refractivity contribution in [2.45, 2.75) is 4.90 Å². The molecular weight excluding hydrogens is 363 g/mol. The van der Waals surface area contributed by atoms with Crippen molar-refractivity contribution in [3.8, 4) is 0 Å². The van der Waals surface area contributed by atoms with Gasteiger partial charge in [0.05, 0.1) is 10.6 Å². The van der Waals surface area contributed by atoms with E-state index in [4.69, 9.17) is 5.14 Å². The summed E-state index contributed by atoms with van der Waals surface area (Å²) in [5, 5.41) is 7.26. The van der Waals surface area contributed by atoms with Gasteiger partial charge in [0.1, 0.15) is 5.82 Å². The van der Waals surface area contributed by atoms with Gasteiger partial charge in [-0.25, -0.2) is 17.9 Å². The molecule has 0 saturated heterocycles. The summed E-state index contributed by atoms with van der Waals surface area (Å²) < 4.78 is 36.7. The van der Waals surface area contributed by atoms with Crippen LogP contribution in [0.25, 0.3) is 0 Å². The molecule has 0 spiro atoms. The van der Waals surface area contributed by atoms with Crippen LogP contribution in [-0.4, -0.2) is 14.3 Å². The average Bonchev–Trinajstić information content (AvgIpc) is 2.39. The number of nitrogens with one attached hydrogen (secondary N) is 1. The molecule has 2 aromatic carbocycles. The molecule has 0 aliphatic carbocycles. The number of primary sulfonamides is 1. The van der Waals surface area contributed by atoms with Crippen molar-refractivity contribution in [2.75, 3.05) is 5.32 Å². The fraction of sp³-hybridized carbons (Fsp3) is 0. The second kappa shape index (κ2) is 5.92. The molecule has 2 rings (SSSR count). The number of benzene rings is 2. The predicted octanol–water partition coefficient (Wildman–Crippen LogP) is 2.49. The standard InChI is InChI=1S/C13H10BrFN2O3S/c14-9-3-1-2-8(6-9)13(18)17-12-5-4-10(7-11(12)15)21(16,19)20/h1-7H,(H,17,18)(H2,16,19,20). The molecule has 5 nitrogen and oxygen atoms in total. The van der Waals surface area contributed by atoms with Crippen molar-refractivity contribution >= 4 is 37.5 Å². The van der Waals surface area contributed by atoms with Crippen LogP contribution in [0, 0.1) is 5.82 Å². The first-order valence-electron chi connectivity index (χ1n) is 5.66. The number of rotatable bonds is 3. The van der Waals surface area contributed by atoms with Crippen LogP contribution in [0.1, 0.15) is 10.4 Å². The molecule has 0 atom stereocenters. The number of hydrogen-bond donors (Lipinski definition) is 2. The minimum Gasteiger partial charge on any atom is -0.319 e. The van der Waals surface area contributed by atoms with Gasteiger partial charge in [-0.1, -0.05) is 22.0 Å². The lowest BCUT2D eigenvalue weighted by Crippen LogP contribution is -2.15. The van der Waals surface area contributed by atoms with E-state index in [1.807, 2.05) is 0 Å². The summed E-state index contributed by atoms with van der Waals surface area (Å²) >= 11 is 3.23. The lowest BCUT2D eigenvalue weighted by molar-refractivity contribution is 0.102. The highest BCUT2D eigenvalue weighted by Gasteiger charge is 2.14. The Hall–Kier alpha value is -1.77. The maximum atomic E-state index is 13.8. The molecule has 0 bridgehead atoms. The maximum Gasteiger partial charge on any atom is 0.255 e. The molecule has 2 aromatic rings. The lowest BCUT2D eigenvalue weighted by atomic mass is 10.2. The Morgan fingerprint density at radius 3 is 2.48 bits per heavy atom. The number of carbonyl (C=O) groups is 1. The van der Waals surface area contributed by atoms with E-state index < -0.39 is 21.7 Å². The van der Waals surface area contributed by atoms with Gasteiger partial charge < -0.3 is 5.32 Å². The molecule has 8 heteroatoms. The van der Waals surface area contributed by atoms with Crippen molar-refractivity contribution < 1.29 is 17.6 Å². The number of nitrogens with two attached hydrogens (primary N) is 1. The first-order valence-corrected chi connectivity index (χ1v) is 8.00. The first-order chi connectivity index (χ1) is 9.77. The largest absolute Gasteiger partial charge is 0.319 e. The zero-order valence-electron chi connectivity index (χ0n) is 10.5. The first kappa shape index (κ1) is 15.6. The Morgan fingerprint density at radius 1 is 1.19 bits per heavy atom. The van der Waals surface area contributed by atoms with E-state index in [-0.39, 0.29) is 10.6 Å². The summed E-state index contributed by atoms with van der Waals surface area (Å²) in [6.45, 7) is 0. The van der Waals surface area contributed by atoms with Gasteiger partial charge >= 0.3 is 0 Å². The summed E-state index contributed by atoms with van der Waals surface area (Å²) in [7, 11) is -3.99. The van der Waals surface area contributed by atoms with E-state index in [1.165, 1.54) is 0 Å². The number of carbonyl (C=O) groups excluding carboxylic acids is 1. The SMILES string of the molecule is NS(=O)(=O)c1ccc(NC(=O)c2cccc(Br)c2)c(F)c1. The van der Waals surface area contributed by atoms with Crippen LogP contribution in [0.3, 0.4) is 0 Å². The monoisotopic (exact) mass is 372 g/mol. The van der Waals surface area contributed by atoms with E-state index in [9.17, 15) is 17.6 Å². The fourth-order valence-corrected chi connectivity index (χ4v) is 2.52. The van der Waals surface area contributed by atoms with Crippen molar-refractivity contribution in [1.82, 2.24) is 0 Å². The minimum absolute atomic E-state index is 0.132. The molecule has 0 radical (unpaired) electrons. The van der Waals surface area contributed by atoms with Crippen LogP contribution in [0.15, 0.2) is 51.8 Å². The molecule has 0 saturated carbocycles. The van der Waals surface area contributed by atoms with Gasteiger partial charge in [0.15, 0.2) is 0 Å². The summed E-state index contributed by atoms with van der Waals surface area (Å²) in [6, 6.07) is 9.58. The van der Waals surface area contributed by atoms with Crippen LogP contribution in [0.2, 0.25) is 0 Å². The Labute approximate surface area is 129 Å². The maximum absolute atomic E-state index is 13.8. The number of sulfonamides is 1. The molecule has 0 aliphatic heterocycles. The number of amides is 1. The Kier molecular flexibility index (Phi) is 4.40. The molecule has 1 amide bonds. The van der Waals surface area contributed by atoms with Crippen molar-refractivity contribution in [1.29, 1.82) is 0 Å². The normalized spacial score (nSPS) is 11.2. The van der Waals surface area contributed by atoms with Crippen molar-refractivity contribution in [3.05, 3.63) is 58.3 Å². The van der Waals surface area contributed by atoms with E-state index in [0.717, 1.165) is 18.2 Å². The van der Waals surface area contributed by atoms with Crippen LogP contribution >= 0.6 is 15.9 Å². The summed E-state index contributed by atoms with van der Waals surface area (Å²) in [5.74, 6) is -1.40. The number of hydrogen-bond acceptors (Lipinski definition) is 3. The molecule has 0 heterocycles. The molecular formula is C13H10BrFN2O3S. The summed E-state index contributed by atoms with van der Waals surface area (Å²) in [4.78, 5) is 11.6. The van der Waals surface area contributed by atoms with Gasteiger partial charge in [-0.05, 0) is 36.4 Å². The van der Waals surface area contributed by atoms with Crippen molar-refractivity contribution in [2.24, 2.45) is 5.14 Å². The molecule has 0 fully saturated rings. The quantitative estimate of drug-likeness (QED) is 0.866. The van der Waals surface area contributed by atoms with E-state index >= 15 is 0 Å². The second-order valence-electron chi connectivity index (χ2n) is 4.15. The number of halogens is 2. The molecule has 0 unspecified atom stereocenters. The summed E-state index contributed by atoms with van der Waals surface area (Å²) in [6.07, 6.45) is 0. The second-order valence-corrected chi connectivity index (χ2v) is 6.63. The van der Waals surface area contributed by atoms with Gasteiger partial charge in [-0.2, -0.15) is 0 Å². The van der Waals surface area contributed by atoms with E-state index in [1.54, 1.807) is 24.3 Å². The Bertz CT molecular complexity index is 809. The highest BCUT2D eigenvalue weighted by atomic mass is 79.9. The Balaban J connectivity index is 2.26. The highest BCUT2D eigenvalue weighted by molar-refractivity contribution is 9.10. The zero-order chi connectivity index (χ0) is 15.6. The molecule has 0 aliphatic rings. The van der Waals surface area contributed by atoms with Gasteiger partial charge in [0.2, 0.25) is 10.0 Å². The van der Waals surface area contributed by atoms with Gasteiger partial charge in [-0.15, -0.1) is 0 Å². The third-order valence-electron chi connectivity index (χ3n) is 2.60. The van der Waals surface area contributed by atoms with Gasteiger partial charge in [0, 0.05) is 10.0 Å². The van der Waals surface area contributed by atoms with Crippen LogP contribution in [0.5, 0.6) is 0 Å². The average molecular weight is 373 g/mol. The summed E-state index contributed by atoms with van der Waals surface area (Å²) in [5.41, 5.74) is 0.201. The van der Waals surface area contributed by atoms with Crippen LogP contribution in [0.4, 0.5) is 10.1 Å². The Morgan fingerprint density at radius 2 is 1.90 bits per heavy atom. The third kappa shape index (κ3) is 3.87. The van der Waals surface area contributed by atoms with Crippen molar-refractivity contribution in [3.63, 3.8) is 0 Å². The fourth-order valence-electron chi connectivity index (χ4n) is 1.60. The minimum atomic E-state index is -3.99. The van der Waals surface area contributed by atoms with Gasteiger partial charge in [-0.3, -0.25) is 4.79 Å². The smallest absolute Gasteiger partial charge is 0.255 e. The zero-order valence-corrected chi connectivity index (χ0v) is 12.9. The molecule has 21 heavy (non-hydrogen) atoms. The molecule has 0 aromatic heterocycles. The van der Waals surface area contributed by atoms with E-state index in [0.29, 0.717) is 10.0 Å². The third-order valence-corrected chi connectivity index (χ3v) is 4.01. The van der Waals surface area contributed by atoms with Crippen LogP contribution in [-0.2, 0) is 10.0 Å². The highest BCUT2D eigenvalue weighted by Crippen LogP contribution is 2.19. The topological polar surface area (TPSA) is 89.3 Å².